The normalized spacial score (nSPS) is 20.8. The maximum atomic E-state index is 11.4. The second-order valence-electron chi connectivity index (χ2n) is 5.77. The molecule has 0 aromatic heterocycles. The second-order valence-corrected chi connectivity index (χ2v) is 5.77. The number of allylic oxidation sites excluding steroid dienone is 2. The van der Waals surface area contributed by atoms with Gasteiger partial charge in [0.15, 0.2) is 11.5 Å². The largest absolute Gasteiger partial charge is 0.493 e. The Morgan fingerprint density at radius 3 is 2.67 bits per heavy atom. The van der Waals surface area contributed by atoms with Gasteiger partial charge in [-0.05, 0) is 44.4 Å². The summed E-state index contributed by atoms with van der Waals surface area (Å²) in [6.07, 6.45) is 6.44. The molecule has 0 saturated carbocycles. The van der Waals surface area contributed by atoms with E-state index in [0.717, 1.165) is 18.4 Å². The number of amides is 1. The van der Waals surface area contributed by atoms with Gasteiger partial charge in [0.1, 0.15) is 0 Å². The van der Waals surface area contributed by atoms with E-state index >= 15 is 0 Å². The van der Waals surface area contributed by atoms with Crippen molar-refractivity contribution < 1.29 is 14.3 Å². The van der Waals surface area contributed by atoms with E-state index < -0.39 is 0 Å². The number of methoxy groups -OCH3 is 1. The third-order valence-corrected chi connectivity index (χ3v) is 3.78. The molecule has 0 fully saturated rings. The van der Waals surface area contributed by atoms with Gasteiger partial charge in [0, 0.05) is 11.8 Å². The van der Waals surface area contributed by atoms with Gasteiger partial charge in [0.25, 0.3) is 0 Å². The number of primary amides is 1. The smallest absolute Gasteiger partial charge is 0.218 e. The zero-order valence-corrected chi connectivity index (χ0v) is 12.9. The molecule has 1 unspecified atom stereocenters. The molecule has 114 valence electrons. The van der Waals surface area contributed by atoms with Crippen molar-refractivity contribution >= 4 is 5.91 Å². The molecule has 1 aliphatic carbocycles. The highest BCUT2D eigenvalue weighted by Gasteiger charge is 2.34. The lowest BCUT2D eigenvalue weighted by Crippen LogP contribution is -2.28. The third-order valence-electron chi connectivity index (χ3n) is 3.78. The van der Waals surface area contributed by atoms with Crippen molar-refractivity contribution in [1.29, 1.82) is 0 Å². The Morgan fingerprint density at radius 1 is 1.38 bits per heavy atom. The molecule has 1 aliphatic rings. The molecule has 0 aliphatic heterocycles. The van der Waals surface area contributed by atoms with Crippen molar-refractivity contribution in [3.8, 4) is 11.5 Å². The van der Waals surface area contributed by atoms with Gasteiger partial charge >= 0.3 is 0 Å². The first-order valence-corrected chi connectivity index (χ1v) is 7.28. The van der Waals surface area contributed by atoms with Crippen LogP contribution in [-0.2, 0) is 10.2 Å². The molecule has 1 aromatic carbocycles. The summed E-state index contributed by atoms with van der Waals surface area (Å²) in [6.45, 7) is 3.95. The molecule has 0 radical (unpaired) electrons. The third kappa shape index (κ3) is 3.38. The van der Waals surface area contributed by atoms with Crippen molar-refractivity contribution in [2.75, 3.05) is 7.11 Å². The van der Waals surface area contributed by atoms with Crippen LogP contribution >= 0.6 is 0 Å². The number of ether oxygens (including phenoxy) is 2. The van der Waals surface area contributed by atoms with E-state index in [2.05, 4.69) is 12.2 Å². The Bertz CT molecular complexity index is 551. The Balaban J connectivity index is 2.38. The van der Waals surface area contributed by atoms with E-state index in [1.165, 1.54) is 0 Å². The van der Waals surface area contributed by atoms with Gasteiger partial charge in [-0.25, -0.2) is 0 Å². The van der Waals surface area contributed by atoms with Gasteiger partial charge in [0.2, 0.25) is 5.91 Å². The minimum absolute atomic E-state index is 0.0794. The maximum Gasteiger partial charge on any atom is 0.218 e. The fraction of sp³-hybridized carbons (Fsp3) is 0.471. The summed E-state index contributed by atoms with van der Waals surface area (Å²) in [6, 6.07) is 5.86. The molecular formula is C17H23NO3. The number of nitrogens with two attached hydrogens (primary N) is 1. The fourth-order valence-electron chi connectivity index (χ4n) is 2.86. The highest BCUT2D eigenvalue weighted by Crippen LogP contribution is 2.42. The Hall–Kier alpha value is -1.97. The van der Waals surface area contributed by atoms with Gasteiger partial charge in [-0.3, -0.25) is 4.79 Å². The van der Waals surface area contributed by atoms with Crippen LogP contribution in [0.25, 0.3) is 0 Å². The Morgan fingerprint density at radius 2 is 2.14 bits per heavy atom. The van der Waals surface area contributed by atoms with E-state index in [4.69, 9.17) is 15.2 Å². The molecule has 2 rings (SSSR count). The SMILES string of the molecule is COc1cc(C2(CC(N)=O)C=CCC2)ccc1OC(C)C. The van der Waals surface area contributed by atoms with Crippen molar-refractivity contribution in [1.82, 2.24) is 0 Å². The van der Waals surface area contributed by atoms with Crippen molar-refractivity contribution in [3.63, 3.8) is 0 Å². The van der Waals surface area contributed by atoms with Gasteiger partial charge in [-0.15, -0.1) is 0 Å². The molecule has 21 heavy (non-hydrogen) atoms. The lowest BCUT2D eigenvalue weighted by Gasteiger charge is -2.27. The summed E-state index contributed by atoms with van der Waals surface area (Å²) in [5.74, 6) is 1.11. The van der Waals surface area contributed by atoms with Crippen molar-refractivity contribution in [3.05, 3.63) is 35.9 Å². The number of benzene rings is 1. The summed E-state index contributed by atoms with van der Waals surface area (Å²) >= 11 is 0. The summed E-state index contributed by atoms with van der Waals surface area (Å²) < 4.78 is 11.2. The predicted molar refractivity (Wildman–Crippen MR) is 82.6 cm³/mol. The zero-order chi connectivity index (χ0) is 15.5. The van der Waals surface area contributed by atoms with Gasteiger partial charge in [-0.1, -0.05) is 18.2 Å². The van der Waals surface area contributed by atoms with Crippen LogP contribution in [0.1, 0.15) is 38.7 Å². The molecule has 4 heteroatoms. The van der Waals surface area contributed by atoms with E-state index in [9.17, 15) is 4.79 Å². The number of rotatable bonds is 6. The molecule has 4 nitrogen and oxygen atoms in total. The molecule has 1 atom stereocenters. The molecular weight excluding hydrogens is 266 g/mol. The Labute approximate surface area is 125 Å². The van der Waals surface area contributed by atoms with Crippen LogP contribution in [0.4, 0.5) is 0 Å². The predicted octanol–water partition coefficient (Wildman–Crippen LogP) is 2.95. The fourth-order valence-corrected chi connectivity index (χ4v) is 2.86. The molecule has 0 saturated heterocycles. The number of carbonyl (C=O) groups is 1. The first-order valence-electron chi connectivity index (χ1n) is 7.28. The summed E-state index contributed by atoms with van der Waals surface area (Å²) in [4.78, 5) is 11.4. The average Bonchev–Trinajstić information content (AvgIpc) is 2.87. The van der Waals surface area contributed by atoms with Crippen molar-refractivity contribution in [2.24, 2.45) is 5.73 Å². The van der Waals surface area contributed by atoms with Gasteiger partial charge < -0.3 is 15.2 Å². The molecule has 1 aromatic rings. The van der Waals surface area contributed by atoms with E-state index in [-0.39, 0.29) is 17.4 Å². The number of carbonyl (C=O) groups excluding carboxylic acids is 1. The lowest BCUT2D eigenvalue weighted by atomic mass is 9.77. The number of hydrogen-bond acceptors (Lipinski definition) is 3. The van der Waals surface area contributed by atoms with Crippen LogP contribution in [-0.4, -0.2) is 19.1 Å². The van der Waals surface area contributed by atoms with Crippen LogP contribution in [0.2, 0.25) is 0 Å². The van der Waals surface area contributed by atoms with E-state index in [0.29, 0.717) is 17.9 Å². The highest BCUT2D eigenvalue weighted by atomic mass is 16.5. The van der Waals surface area contributed by atoms with E-state index in [1.54, 1.807) is 7.11 Å². The average molecular weight is 289 g/mol. The monoisotopic (exact) mass is 289 g/mol. The molecule has 1 amide bonds. The molecule has 0 heterocycles. The molecule has 2 N–H and O–H groups in total. The quantitative estimate of drug-likeness (QED) is 0.819. The second kappa shape index (κ2) is 6.20. The summed E-state index contributed by atoms with van der Waals surface area (Å²) in [5.41, 5.74) is 6.17. The lowest BCUT2D eigenvalue weighted by molar-refractivity contribution is -0.118. The first-order chi connectivity index (χ1) is 9.97. The first kappa shape index (κ1) is 15.4. The maximum absolute atomic E-state index is 11.4. The minimum atomic E-state index is -0.310. The standard InChI is InChI=1S/C17H23NO3/c1-12(2)21-14-7-6-13(10-15(14)20-3)17(11-16(18)19)8-4-5-9-17/h4,6-8,10,12H,5,9,11H2,1-3H3,(H2,18,19). The van der Waals surface area contributed by atoms with Gasteiger partial charge in [0.05, 0.1) is 13.2 Å². The van der Waals surface area contributed by atoms with Crippen LogP contribution < -0.4 is 15.2 Å². The number of hydrogen-bond donors (Lipinski definition) is 1. The summed E-state index contributed by atoms with van der Waals surface area (Å²) in [5, 5.41) is 0. The highest BCUT2D eigenvalue weighted by molar-refractivity contribution is 5.76. The molecule has 0 bridgehead atoms. The van der Waals surface area contributed by atoms with Crippen LogP contribution in [0.5, 0.6) is 11.5 Å². The van der Waals surface area contributed by atoms with E-state index in [1.807, 2.05) is 32.0 Å². The topological polar surface area (TPSA) is 61.5 Å². The Kier molecular flexibility index (Phi) is 4.56. The van der Waals surface area contributed by atoms with Crippen LogP contribution in [0.15, 0.2) is 30.4 Å². The van der Waals surface area contributed by atoms with Gasteiger partial charge in [-0.2, -0.15) is 0 Å². The minimum Gasteiger partial charge on any atom is -0.493 e. The summed E-state index contributed by atoms with van der Waals surface area (Å²) in [7, 11) is 1.62. The van der Waals surface area contributed by atoms with Crippen LogP contribution in [0.3, 0.4) is 0 Å². The van der Waals surface area contributed by atoms with Crippen molar-refractivity contribution in [2.45, 2.75) is 44.6 Å². The zero-order valence-electron chi connectivity index (χ0n) is 12.9. The molecule has 0 spiro atoms. The van der Waals surface area contributed by atoms with Crippen LogP contribution in [0, 0.1) is 0 Å².